The highest BCUT2D eigenvalue weighted by molar-refractivity contribution is 7.10. The lowest BCUT2D eigenvalue weighted by Gasteiger charge is -2.16. The van der Waals surface area contributed by atoms with E-state index in [0.29, 0.717) is 11.1 Å². The third-order valence-electron chi connectivity index (χ3n) is 3.57. The van der Waals surface area contributed by atoms with Gasteiger partial charge in [0.1, 0.15) is 5.82 Å². The quantitative estimate of drug-likeness (QED) is 0.704. The van der Waals surface area contributed by atoms with E-state index in [1.807, 2.05) is 23.6 Å². The fourth-order valence-electron chi connectivity index (χ4n) is 2.50. The van der Waals surface area contributed by atoms with Crippen LogP contribution in [0.25, 0.3) is 12.2 Å². The number of carbonyl (C=O) groups excluding carboxylic acids is 1. The van der Waals surface area contributed by atoms with E-state index in [4.69, 9.17) is 0 Å². The number of hydrogen-bond donors (Lipinski definition) is 0. The van der Waals surface area contributed by atoms with E-state index < -0.39 is 0 Å². The van der Waals surface area contributed by atoms with E-state index in [9.17, 15) is 9.18 Å². The Morgan fingerprint density at radius 1 is 1.00 bits per heavy atom. The van der Waals surface area contributed by atoms with Gasteiger partial charge in [-0.3, -0.25) is 4.79 Å². The fraction of sp³-hybridized carbons (Fsp3) is 0.167. The second-order valence-corrected chi connectivity index (χ2v) is 6.04. The number of allylic oxidation sites excluding steroid dienone is 2. The molecule has 21 heavy (non-hydrogen) atoms. The zero-order valence-electron chi connectivity index (χ0n) is 11.5. The van der Waals surface area contributed by atoms with Crippen molar-refractivity contribution in [1.82, 2.24) is 0 Å². The van der Waals surface area contributed by atoms with Gasteiger partial charge in [0.25, 0.3) is 0 Å². The number of benzene rings is 1. The zero-order valence-corrected chi connectivity index (χ0v) is 12.3. The molecule has 1 heterocycles. The molecule has 1 saturated carbocycles. The number of carbonyl (C=O) groups is 1. The molecule has 0 N–H and O–H groups in total. The van der Waals surface area contributed by atoms with Crippen LogP contribution in [0.1, 0.15) is 29.7 Å². The maximum atomic E-state index is 13.7. The van der Waals surface area contributed by atoms with Crippen molar-refractivity contribution in [1.29, 1.82) is 0 Å². The van der Waals surface area contributed by atoms with E-state index >= 15 is 0 Å². The van der Waals surface area contributed by atoms with Crippen LogP contribution in [-0.2, 0) is 4.79 Å². The van der Waals surface area contributed by atoms with Gasteiger partial charge in [0.2, 0.25) is 0 Å². The molecule has 0 atom stereocenters. The SMILES string of the molecule is O=C1C(=Cc2cccs2)CCCC1=Cc1ccccc1F. The molecular formula is C18H15FOS. The highest BCUT2D eigenvalue weighted by Gasteiger charge is 2.20. The molecule has 3 rings (SSSR count). The maximum Gasteiger partial charge on any atom is 0.185 e. The van der Waals surface area contributed by atoms with Gasteiger partial charge < -0.3 is 0 Å². The molecule has 1 aliphatic carbocycles. The number of ketones is 1. The lowest BCUT2D eigenvalue weighted by molar-refractivity contribution is -0.112. The summed E-state index contributed by atoms with van der Waals surface area (Å²) in [4.78, 5) is 13.6. The van der Waals surface area contributed by atoms with Crippen LogP contribution in [0, 0.1) is 5.82 Å². The van der Waals surface area contributed by atoms with E-state index in [1.165, 1.54) is 6.07 Å². The molecule has 0 aliphatic heterocycles. The Hall–Kier alpha value is -2.00. The van der Waals surface area contributed by atoms with Crippen molar-refractivity contribution < 1.29 is 9.18 Å². The highest BCUT2D eigenvalue weighted by atomic mass is 32.1. The molecule has 1 fully saturated rings. The van der Waals surface area contributed by atoms with Crippen molar-refractivity contribution in [2.45, 2.75) is 19.3 Å². The van der Waals surface area contributed by atoms with Gasteiger partial charge in [-0.15, -0.1) is 11.3 Å². The normalized spacial score (nSPS) is 19.4. The lowest BCUT2D eigenvalue weighted by Crippen LogP contribution is -2.12. The summed E-state index contributed by atoms with van der Waals surface area (Å²) in [6.07, 6.45) is 6.10. The minimum atomic E-state index is -0.285. The predicted octanol–water partition coefficient (Wildman–Crippen LogP) is 5.11. The first-order valence-electron chi connectivity index (χ1n) is 6.98. The highest BCUT2D eigenvalue weighted by Crippen LogP contribution is 2.29. The van der Waals surface area contributed by atoms with Crippen molar-refractivity contribution in [3.8, 4) is 0 Å². The first-order chi connectivity index (χ1) is 10.2. The third-order valence-corrected chi connectivity index (χ3v) is 4.39. The minimum Gasteiger partial charge on any atom is -0.289 e. The molecule has 0 saturated heterocycles. The Morgan fingerprint density at radius 2 is 1.76 bits per heavy atom. The molecule has 2 aromatic rings. The van der Waals surface area contributed by atoms with Crippen molar-refractivity contribution in [2.75, 3.05) is 0 Å². The molecule has 1 nitrogen and oxygen atoms in total. The summed E-state index contributed by atoms with van der Waals surface area (Å²) in [5.41, 5.74) is 2.01. The van der Waals surface area contributed by atoms with E-state index in [0.717, 1.165) is 29.7 Å². The largest absolute Gasteiger partial charge is 0.289 e. The summed E-state index contributed by atoms with van der Waals surface area (Å²) in [5.74, 6) is -0.231. The van der Waals surface area contributed by atoms with Gasteiger partial charge >= 0.3 is 0 Å². The van der Waals surface area contributed by atoms with Gasteiger partial charge in [0.15, 0.2) is 5.78 Å². The van der Waals surface area contributed by atoms with Crippen molar-refractivity contribution in [2.24, 2.45) is 0 Å². The van der Waals surface area contributed by atoms with Gasteiger partial charge in [-0.25, -0.2) is 4.39 Å². The summed E-state index contributed by atoms with van der Waals surface area (Å²) in [6, 6.07) is 10.5. The number of rotatable bonds is 2. The lowest BCUT2D eigenvalue weighted by atomic mass is 9.87. The molecule has 0 radical (unpaired) electrons. The molecule has 1 aromatic carbocycles. The van der Waals surface area contributed by atoms with Crippen molar-refractivity contribution >= 4 is 29.3 Å². The molecule has 0 bridgehead atoms. The second-order valence-electron chi connectivity index (χ2n) is 5.06. The van der Waals surface area contributed by atoms with Crippen molar-refractivity contribution in [3.05, 3.63) is 69.2 Å². The predicted molar refractivity (Wildman–Crippen MR) is 85.5 cm³/mol. The molecule has 0 spiro atoms. The van der Waals surface area contributed by atoms with Gasteiger partial charge in [0, 0.05) is 21.6 Å². The Kier molecular flexibility index (Phi) is 4.11. The van der Waals surface area contributed by atoms with Crippen LogP contribution >= 0.6 is 11.3 Å². The van der Waals surface area contributed by atoms with Crippen LogP contribution in [0.15, 0.2) is 52.9 Å². The van der Waals surface area contributed by atoms with Crippen LogP contribution < -0.4 is 0 Å². The summed E-state index contributed by atoms with van der Waals surface area (Å²) < 4.78 is 13.7. The van der Waals surface area contributed by atoms with Crippen LogP contribution in [0.3, 0.4) is 0 Å². The first kappa shape index (κ1) is 14.0. The zero-order chi connectivity index (χ0) is 14.7. The van der Waals surface area contributed by atoms with Gasteiger partial charge in [-0.2, -0.15) is 0 Å². The maximum absolute atomic E-state index is 13.7. The number of hydrogen-bond acceptors (Lipinski definition) is 2. The monoisotopic (exact) mass is 298 g/mol. The van der Waals surface area contributed by atoms with Crippen LogP contribution in [0.5, 0.6) is 0 Å². The van der Waals surface area contributed by atoms with Crippen LogP contribution in [0.4, 0.5) is 4.39 Å². The van der Waals surface area contributed by atoms with Crippen LogP contribution in [0.2, 0.25) is 0 Å². The molecule has 0 unspecified atom stereocenters. The fourth-order valence-corrected chi connectivity index (χ4v) is 3.18. The smallest absolute Gasteiger partial charge is 0.185 e. The van der Waals surface area contributed by atoms with Crippen LogP contribution in [-0.4, -0.2) is 5.78 Å². The molecule has 106 valence electrons. The molecule has 1 aromatic heterocycles. The van der Waals surface area contributed by atoms with Gasteiger partial charge in [-0.1, -0.05) is 24.3 Å². The second kappa shape index (κ2) is 6.19. The Bertz CT molecular complexity index is 711. The number of halogens is 1. The molecular weight excluding hydrogens is 283 g/mol. The summed E-state index contributed by atoms with van der Waals surface area (Å²) >= 11 is 1.62. The Balaban J connectivity index is 1.91. The number of thiophene rings is 1. The molecule has 1 aliphatic rings. The summed E-state index contributed by atoms with van der Waals surface area (Å²) in [5, 5.41) is 2.00. The van der Waals surface area contributed by atoms with Gasteiger partial charge in [0.05, 0.1) is 0 Å². The first-order valence-corrected chi connectivity index (χ1v) is 7.86. The minimum absolute atomic E-state index is 0.0536. The standard InChI is InChI=1S/C18H15FOS/c19-17-9-2-1-5-13(17)11-14-6-3-7-15(18(14)20)12-16-8-4-10-21-16/h1-2,4-5,8-12H,3,6-7H2. The van der Waals surface area contributed by atoms with Crippen molar-refractivity contribution in [3.63, 3.8) is 0 Å². The van der Waals surface area contributed by atoms with E-state index in [-0.39, 0.29) is 11.6 Å². The third kappa shape index (κ3) is 3.19. The Labute approximate surface area is 127 Å². The van der Waals surface area contributed by atoms with E-state index in [1.54, 1.807) is 35.6 Å². The summed E-state index contributed by atoms with van der Waals surface area (Å²) in [7, 11) is 0. The average molecular weight is 298 g/mol. The number of Topliss-reactive ketones (excluding diaryl/α,β-unsaturated/α-hetero) is 1. The topological polar surface area (TPSA) is 17.1 Å². The Morgan fingerprint density at radius 3 is 2.48 bits per heavy atom. The summed E-state index contributed by atoms with van der Waals surface area (Å²) in [6.45, 7) is 0. The van der Waals surface area contributed by atoms with Gasteiger partial charge in [-0.05, 0) is 48.9 Å². The molecule has 3 heteroatoms. The van der Waals surface area contributed by atoms with E-state index in [2.05, 4.69) is 0 Å². The molecule has 0 amide bonds. The average Bonchev–Trinajstić information content (AvgIpc) is 2.98.